The topological polar surface area (TPSA) is 118 Å². The summed E-state index contributed by atoms with van der Waals surface area (Å²) in [5.41, 5.74) is 10.9. The first kappa shape index (κ1) is 10.5. The number of carbonyl (C=O) groups excluding carboxylic acids is 2. The number of H-pyrrole nitrogens is 1. The number of aromatic nitrogens is 2. The number of primary amides is 1. The molecular formula is C9H13N5O2. The van der Waals surface area contributed by atoms with Gasteiger partial charge in [0.15, 0.2) is 0 Å². The van der Waals surface area contributed by atoms with Crippen LogP contribution in [0.1, 0.15) is 16.9 Å². The smallest absolute Gasteiger partial charge is 0.271 e. The van der Waals surface area contributed by atoms with E-state index in [1.807, 2.05) is 0 Å². The molecule has 16 heavy (non-hydrogen) atoms. The van der Waals surface area contributed by atoms with E-state index in [1.165, 1.54) is 6.07 Å². The van der Waals surface area contributed by atoms with Crippen molar-refractivity contribution in [3.63, 3.8) is 0 Å². The summed E-state index contributed by atoms with van der Waals surface area (Å²) in [5, 5.41) is 6.22. The number of anilines is 1. The molecule has 1 aliphatic rings. The van der Waals surface area contributed by atoms with Crippen molar-refractivity contribution in [2.75, 3.05) is 18.8 Å². The van der Waals surface area contributed by atoms with Crippen LogP contribution in [0.25, 0.3) is 0 Å². The van der Waals surface area contributed by atoms with Crippen LogP contribution in [-0.2, 0) is 4.79 Å². The predicted octanol–water partition coefficient (Wildman–Crippen LogP) is -1.06. The standard InChI is InChI=1S/C9H13N5O2/c10-7-3-6(12-13-7)9(16)14-2-1-5(4-14)8(11)15/h3,5H,1-2,4H2,(H2,11,15)(H3,10,12,13). The normalized spacial score (nSPS) is 20.0. The van der Waals surface area contributed by atoms with Gasteiger partial charge in [0.25, 0.3) is 5.91 Å². The molecule has 0 radical (unpaired) electrons. The molecule has 5 N–H and O–H groups in total. The number of hydrogen-bond acceptors (Lipinski definition) is 4. The molecule has 2 amide bonds. The van der Waals surface area contributed by atoms with Gasteiger partial charge in [-0.25, -0.2) is 0 Å². The van der Waals surface area contributed by atoms with Gasteiger partial charge in [-0.05, 0) is 6.42 Å². The van der Waals surface area contributed by atoms with Gasteiger partial charge in [0.05, 0.1) is 5.92 Å². The van der Waals surface area contributed by atoms with Gasteiger partial charge in [-0.3, -0.25) is 14.7 Å². The Morgan fingerprint density at radius 3 is 2.81 bits per heavy atom. The maximum absolute atomic E-state index is 11.9. The van der Waals surface area contributed by atoms with Crippen LogP contribution >= 0.6 is 0 Å². The number of nitrogen functional groups attached to an aromatic ring is 1. The minimum absolute atomic E-state index is 0.201. The minimum atomic E-state index is -0.362. The van der Waals surface area contributed by atoms with Gasteiger partial charge in [-0.15, -0.1) is 0 Å². The Kier molecular flexibility index (Phi) is 2.51. The fraction of sp³-hybridized carbons (Fsp3) is 0.444. The maximum Gasteiger partial charge on any atom is 0.271 e. The Bertz CT molecular complexity index is 427. The number of carbonyl (C=O) groups is 2. The summed E-state index contributed by atoms with van der Waals surface area (Å²) in [6.45, 7) is 0.901. The Hall–Kier alpha value is -2.05. The van der Waals surface area contributed by atoms with Crippen LogP contribution < -0.4 is 11.5 Å². The third kappa shape index (κ3) is 1.83. The summed E-state index contributed by atoms with van der Waals surface area (Å²) >= 11 is 0. The molecule has 2 heterocycles. The second-order valence-electron chi connectivity index (χ2n) is 3.85. The monoisotopic (exact) mass is 223 g/mol. The molecule has 1 unspecified atom stereocenters. The van der Waals surface area contributed by atoms with Crippen LogP contribution in [0.4, 0.5) is 5.82 Å². The first-order valence-corrected chi connectivity index (χ1v) is 4.97. The highest BCUT2D eigenvalue weighted by Gasteiger charge is 2.30. The number of rotatable bonds is 2. The number of nitrogens with one attached hydrogen (secondary N) is 1. The number of nitrogens with zero attached hydrogens (tertiary/aromatic N) is 2. The van der Waals surface area contributed by atoms with Crippen molar-refractivity contribution in [1.29, 1.82) is 0 Å². The second kappa shape index (κ2) is 3.84. The highest BCUT2D eigenvalue weighted by Crippen LogP contribution is 2.18. The van der Waals surface area contributed by atoms with Crippen molar-refractivity contribution in [3.8, 4) is 0 Å². The van der Waals surface area contributed by atoms with Gasteiger partial charge < -0.3 is 16.4 Å². The van der Waals surface area contributed by atoms with Crippen LogP contribution in [0.2, 0.25) is 0 Å². The van der Waals surface area contributed by atoms with Crippen molar-refractivity contribution < 1.29 is 9.59 Å². The van der Waals surface area contributed by atoms with E-state index in [0.29, 0.717) is 25.2 Å². The molecule has 1 fully saturated rings. The first-order valence-electron chi connectivity index (χ1n) is 4.97. The van der Waals surface area contributed by atoms with E-state index in [0.717, 1.165) is 0 Å². The Labute approximate surface area is 91.8 Å². The van der Waals surface area contributed by atoms with E-state index < -0.39 is 0 Å². The molecule has 1 atom stereocenters. The van der Waals surface area contributed by atoms with E-state index in [4.69, 9.17) is 11.5 Å². The minimum Gasteiger partial charge on any atom is -0.382 e. The van der Waals surface area contributed by atoms with Crippen LogP contribution in [-0.4, -0.2) is 40.0 Å². The molecule has 1 saturated heterocycles. The molecular weight excluding hydrogens is 210 g/mol. The quantitative estimate of drug-likeness (QED) is 0.592. The van der Waals surface area contributed by atoms with E-state index >= 15 is 0 Å². The fourth-order valence-electron chi connectivity index (χ4n) is 1.79. The van der Waals surface area contributed by atoms with Gasteiger partial charge >= 0.3 is 0 Å². The van der Waals surface area contributed by atoms with E-state index in [2.05, 4.69) is 10.2 Å². The van der Waals surface area contributed by atoms with Crippen molar-refractivity contribution >= 4 is 17.6 Å². The van der Waals surface area contributed by atoms with Crippen LogP contribution in [0.5, 0.6) is 0 Å². The van der Waals surface area contributed by atoms with Crippen LogP contribution in [0.3, 0.4) is 0 Å². The third-order valence-corrected chi connectivity index (χ3v) is 2.71. The molecule has 0 aliphatic carbocycles. The Balaban J connectivity index is 2.05. The zero-order chi connectivity index (χ0) is 11.7. The van der Waals surface area contributed by atoms with Gasteiger partial charge in [0, 0.05) is 19.2 Å². The van der Waals surface area contributed by atoms with Gasteiger partial charge in [0.2, 0.25) is 5.91 Å². The van der Waals surface area contributed by atoms with Crippen molar-refractivity contribution in [2.45, 2.75) is 6.42 Å². The summed E-state index contributed by atoms with van der Waals surface area (Å²) in [5.74, 6) is -0.536. The predicted molar refractivity (Wildman–Crippen MR) is 56.2 cm³/mol. The summed E-state index contributed by atoms with van der Waals surface area (Å²) in [6, 6.07) is 1.47. The van der Waals surface area contributed by atoms with Gasteiger partial charge in [-0.1, -0.05) is 0 Å². The molecule has 1 aromatic heterocycles. The lowest BCUT2D eigenvalue weighted by molar-refractivity contribution is -0.121. The van der Waals surface area contributed by atoms with Crippen LogP contribution in [0.15, 0.2) is 6.07 Å². The average Bonchev–Trinajstić information content (AvgIpc) is 2.84. The number of hydrogen-bond donors (Lipinski definition) is 3. The SMILES string of the molecule is NC(=O)C1CCN(C(=O)c2cc(N)n[nH]2)C1. The summed E-state index contributed by atoms with van der Waals surface area (Å²) in [7, 11) is 0. The molecule has 0 aromatic carbocycles. The first-order chi connectivity index (χ1) is 7.58. The number of aromatic amines is 1. The summed E-state index contributed by atoms with van der Waals surface area (Å²) in [6.07, 6.45) is 0.616. The molecule has 1 aliphatic heterocycles. The Morgan fingerprint density at radius 1 is 1.56 bits per heavy atom. The lowest BCUT2D eigenvalue weighted by Gasteiger charge is -2.14. The second-order valence-corrected chi connectivity index (χ2v) is 3.85. The van der Waals surface area contributed by atoms with E-state index in [-0.39, 0.29) is 23.6 Å². The maximum atomic E-state index is 11.9. The average molecular weight is 223 g/mol. The molecule has 1 aromatic rings. The van der Waals surface area contributed by atoms with E-state index in [9.17, 15) is 9.59 Å². The third-order valence-electron chi connectivity index (χ3n) is 2.71. The zero-order valence-corrected chi connectivity index (χ0v) is 8.64. The highest BCUT2D eigenvalue weighted by atomic mass is 16.2. The molecule has 86 valence electrons. The number of amides is 2. The number of likely N-dealkylation sites (tertiary alicyclic amines) is 1. The molecule has 0 spiro atoms. The lowest BCUT2D eigenvalue weighted by Crippen LogP contribution is -2.31. The molecule has 7 nitrogen and oxygen atoms in total. The van der Waals surface area contributed by atoms with Gasteiger partial charge in [-0.2, -0.15) is 5.10 Å². The lowest BCUT2D eigenvalue weighted by atomic mass is 10.1. The highest BCUT2D eigenvalue weighted by molar-refractivity contribution is 5.93. The summed E-state index contributed by atoms with van der Waals surface area (Å²) < 4.78 is 0. The van der Waals surface area contributed by atoms with Gasteiger partial charge in [0.1, 0.15) is 11.5 Å². The molecule has 0 bridgehead atoms. The fourth-order valence-corrected chi connectivity index (χ4v) is 1.79. The molecule has 2 rings (SSSR count). The van der Waals surface area contributed by atoms with Crippen molar-refractivity contribution in [3.05, 3.63) is 11.8 Å². The Morgan fingerprint density at radius 2 is 2.31 bits per heavy atom. The zero-order valence-electron chi connectivity index (χ0n) is 8.64. The van der Waals surface area contributed by atoms with Crippen molar-refractivity contribution in [1.82, 2.24) is 15.1 Å². The summed E-state index contributed by atoms with van der Waals surface area (Å²) in [4.78, 5) is 24.4. The van der Waals surface area contributed by atoms with Crippen LogP contribution in [0, 0.1) is 5.92 Å². The molecule has 7 heteroatoms. The van der Waals surface area contributed by atoms with Crippen molar-refractivity contribution in [2.24, 2.45) is 11.7 Å². The number of nitrogens with two attached hydrogens (primary N) is 2. The van der Waals surface area contributed by atoms with E-state index in [1.54, 1.807) is 4.90 Å². The largest absolute Gasteiger partial charge is 0.382 e. The molecule has 0 saturated carbocycles.